The van der Waals surface area contributed by atoms with Gasteiger partial charge >= 0.3 is 11.9 Å². The van der Waals surface area contributed by atoms with E-state index >= 15 is 0 Å². The molecule has 0 aromatic heterocycles. The molecule has 1 unspecified atom stereocenters. The largest absolute Gasteiger partial charge is 0.497 e. The molecule has 29 heavy (non-hydrogen) atoms. The van der Waals surface area contributed by atoms with Gasteiger partial charge in [-0.1, -0.05) is 30.3 Å². The molecule has 0 saturated heterocycles. The summed E-state index contributed by atoms with van der Waals surface area (Å²) in [6, 6.07) is 15.0. The van der Waals surface area contributed by atoms with Gasteiger partial charge < -0.3 is 18.9 Å². The third kappa shape index (κ3) is 2.78. The first-order chi connectivity index (χ1) is 14.1. The van der Waals surface area contributed by atoms with Crippen LogP contribution in [0.5, 0.6) is 11.5 Å². The van der Waals surface area contributed by atoms with Crippen LogP contribution in [0.2, 0.25) is 0 Å². The molecule has 6 heteroatoms. The molecule has 0 spiro atoms. The van der Waals surface area contributed by atoms with Crippen LogP contribution < -0.4 is 9.47 Å². The van der Waals surface area contributed by atoms with Crippen LogP contribution in [-0.2, 0) is 19.1 Å². The number of carbonyl (C=O) groups is 2. The Morgan fingerprint density at radius 2 is 1.62 bits per heavy atom. The average Bonchev–Trinajstić information content (AvgIpc) is 3.14. The van der Waals surface area contributed by atoms with Gasteiger partial charge in [-0.2, -0.15) is 0 Å². The Balaban J connectivity index is 1.97. The van der Waals surface area contributed by atoms with Crippen LogP contribution in [0.4, 0.5) is 0 Å². The number of fused-ring (bicyclic) bond motifs is 3. The van der Waals surface area contributed by atoms with E-state index in [4.69, 9.17) is 18.9 Å². The zero-order valence-electron chi connectivity index (χ0n) is 16.6. The number of ether oxygens (including phenoxy) is 4. The highest BCUT2D eigenvalue weighted by molar-refractivity contribution is 6.14. The fraction of sp³-hybridized carbons (Fsp3) is 0.304. The van der Waals surface area contributed by atoms with E-state index in [1.54, 1.807) is 19.2 Å². The molecule has 0 radical (unpaired) electrons. The minimum absolute atomic E-state index is 0.143. The molecule has 1 aliphatic heterocycles. The molecular weight excluding hydrogens is 372 g/mol. The van der Waals surface area contributed by atoms with E-state index in [1.165, 1.54) is 14.2 Å². The minimum atomic E-state index is -1.56. The van der Waals surface area contributed by atoms with E-state index in [0.717, 1.165) is 22.4 Å². The second kappa shape index (κ2) is 7.28. The molecule has 2 aliphatic rings. The Kier molecular flexibility index (Phi) is 4.78. The van der Waals surface area contributed by atoms with E-state index in [2.05, 4.69) is 0 Å². The maximum atomic E-state index is 13.1. The Bertz CT molecular complexity index is 973. The number of carbonyl (C=O) groups excluding carboxylic acids is 2. The first kappa shape index (κ1) is 19.1. The third-order valence-corrected chi connectivity index (χ3v) is 5.80. The lowest BCUT2D eigenvalue weighted by Crippen LogP contribution is -2.41. The lowest BCUT2D eigenvalue weighted by Gasteiger charge is -2.27. The van der Waals surface area contributed by atoms with Crippen LogP contribution in [0.15, 0.2) is 54.1 Å². The molecular formula is C23H22O6. The number of rotatable bonds is 4. The van der Waals surface area contributed by atoms with Gasteiger partial charge in [0, 0.05) is 11.5 Å². The molecule has 0 saturated carbocycles. The van der Waals surface area contributed by atoms with Crippen molar-refractivity contribution in [2.75, 3.05) is 27.9 Å². The molecule has 2 aromatic carbocycles. The van der Waals surface area contributed by atoms with Gasteiger partial charge in [0.15, 0.2) is 5.41 Å². The van der Waals surface area contributed by atoms with Gasteiger partial charge in [0.25, 0.3) is 0 Å². The second-order valence-corrected chi connectivity index (χ2v) is 7.10. The summed E-state index contributed by atoms with van der Waals surface area (Å²) in [6.07, 6.45) is 0.239. The van der Waals surface area contributed by atoms with E-state index in [-0.39, 0.29) is 12.3 Å². The highest BCUT2D eigenvalue weighted by Gasteiger charge is 2.60. The van der Waals surface area contributed by atoms with Crippen LogP contribution in [0.25, 0.3) is 5.57 Å². The van der Waals surface area contributed by atoms with Crippen molar-refractivity contribution in [1.82, 2.24) is 0 Å². The molecule has 2 aromatic rings. The number of methoxy groups -OCH3 is 3. The number of hydrogen-bond acceptors (Lipinski definition) is 6. The van der Waals surface area contributed by atoms with E-state index < -0.39 is 17.4 Å². The Labute approximate surface area is 169 Å². The van der Waals surface area contributed by atoms with Crippen molar-refractivity contribution in [3.63, 3.8) is 0 Å². The van der Waals surface area contributed by atoms with Crippen molar-refractivity contribution < 1.29 is 28.5 Å². The Morgan fingerprint density at radius 1 is 0.966 bits per heavy atom. The minimum Gasteiger partial charge on any atom is -0.497 e. The van der Waals surface area contributed by atoms with Crippen LogP contribution in [-0.4, -0.2) is 39.9 Å². The number of para-hydroxylation sites is 1. The van der Waals surface area contributed by atoms with E-state index in [9.17, 15) is 9.59 Å². The van der Waals surface area contributed by atoms with Crippen molar-refractivity contribution in [1.29, 1.82) is 0 Å². The number of benzene rings is 2. The fourth-order valence-electron chi connectivity index (χ4n) is 4.50. The lowest BCUT2D eigenvalue weighted by atomic mass is 9.76. The smallest absolute Gasteiger partial charge is 0.327 e. The quantitative estimate of drug-likeness (QED) is 0.585. The Hall–Kier alpha value is -3.28. The summed E-state index contributed by atoms with van der Waals surface area (Å²) in [6.45, 7) is 0.290. The molecule has 0 amide bonds. The zero-order valence-corrected chi connectivity index (χ0v) is 16.6. The van der Waals surface area contributed by atoms with Crippen molar-refractivity contribution in [3.05, 3.63) is 65.2 Å². The van der Waals surface area contributed by atoms with Crippen molar-refractivity contribution >= 4 is 17.5 Å². The first-order valence-corrected chi connectivity index (χ1v) is 9.33. The molecule has 0 bridgehead atoms. The summed E-state index contributed by atoms with van der Waals surface area (Å²) in [7, 11) is 4.16. The van der Waals surface area contributed by atoms with Gasteiger partial charge in [0.1, 0.15) is 18.1 Å². The standard InChI is InChI=1S/C23H22O6/c1-26-15-10-8-14(9-11-15)20-18-13-29-19-7-5-4-6-16(19)17(18)12-23(20,21(24)27-2)22(25)28-3/h4-11,17H,12-13H2,1-3H3. The summed E-state index contributed by atoms with van der Waals surface area (Å²) < 4.78 is 21.4. The molecule has 0 N–H and O–H groups in total. The maximum Gasteiger partial charge on any atom is 0.327 e. The summed E-state index contributed by atoms with van der Waals surface area (Å²) in [4.78, 5) is 26.2. The topological polar surface area (TPSA) is 71.1 Å². The van der Waals surface area contributed by atoms with Gasteiger partial charge in [-0.25, -0.2) is 0 Å². The second-order valence-electron chi connectivity index (χ2n) is 7.10. The van der Waals surface area contributed by atoms with Crippen LogP contribution in [0.1, 0.15) is 23.5 Å². The van der Waals surface area contributed by atoms with E-state index in [1.807, 2.05) is 36.4 Å². The fourth-order valence-corrected chi connectivity index (χ4v) is 4.50. The predicted molar refractivity (Wildman–Crippen MR) is 106 cm³/mol. The van der Waals surface area contributed by atoms with Crippen molar-refractivity contribution in [3.8, 4) is 11.5 Å². The summed E-state index contributed by atoms with van der Waals surface area (Å²) in [5, 5.41) is 0. The molecule has 1 aliphatic carbocycles. The van der Waals surface area contributed by atoms with Crippen LogP contribution in [0, 0.1) is 5.41 Å². The summed E-state index contributed by atoms with van der Waals surface area (Å²) >= 11 is 0. The molecule has 1 heterocycles. The van der Waals surface area contributed by atoms with E-state index in [0.29, 0.717) is 17.9 Å². The molecule has 0 fully saturated rings. The molecule has 4 rings (SSSR count). The summed E-state index contributed by atoms with van der Waals surface area (Å²) in [5.74, 6) is 0.0427. The lowest BCUT2D eigenvalue weighted by molar-refractivity contribution is -0.164. The monoisotopic (exact) mass is 394 g/mol. The van der Waals surface area contributed by atoms with Crippen LogP contribution >= 0.6 is 0 Å². The SMILES string of the molecule is COC(=O)C1(C(=O)OC)CC2C(=C1c1ccc(OC)cc1)COc1ccccc12. The van der Waals surface area contributed by atoms with Gasteiger partial charge in [-0.3, -0.25) is 9.59 Å². The summed E-state index contributed by atoms with van der Waals surface area (Å²) in [5.41, 5.74) is 1.62. The van der Waals surface area contributed by atoms with Crippen molar-refractivity contribution in [2.24, 2.45) is 5.41 Å². The van der Waals surface area contributed by atoms with Crippen LogP contribution in [0.3, 0.4) is 0 Å². The number of esters is 2. The molecule has 150 valence electrons. The molecule has 1 atom stereocenters. The first-order valence-electron chi connectivity index (χ1n) is 9.33. The highest BCUT2D eigenvalue weighted by Crippen LogP contribution is 2.58. The van der Waals surface area contributed by atoms with Gasteiger partial charge in [0.2, 0.25) is 0 Å². The van der Waals surface area contributed by atoms with Gasteiger partial charge in [0.05, 0.1) is 21.3 Å². The van der Waals surface area contributed by atoms with Gasteiger partial charge in [-0.15, -0.1) is 0 Å². The Morgan fingerprint density at radius 3 is 2.24 bits per heavy atom. The zero-order chi connectivity index (χ0) is 20.6. The predicted octanol–water partition coefficient (Wildman–Crippen LogP) is 3.36. The molecule has 6 nitrogen and oxygen atoms in total. The maximum absolute atomic E-state index is 13.1. The third-order valence-electron chi connectivity index (χ3n) is 5.80. The highest BCUT2D eigenvalue weighted by atomic mass is 16.5. The van der Waals surface area contributed by atoms with Gasteiger partial charge in [-0.05, 0) is 41.3 Å². The van der Waals surface area contributed by atoms with Crippen molar-refractivity contribution in [2.45, 2.75) is 12.3 Å². The average molecular weight is 394 g/mol. The number of hydrogen-bond donors (Lipinski definition) is 0. The normalized spacial score (nSPS) is 18.9.